The summed E-state index contributed by atoms with van der Waals surface area (Å²) in [6.07, 6.45) is 1.03. The lowest BCUT2D eigenvalue weighted by atomic mass is 10.0. The molecule has 0 N–H and O–H groups in total. The number of rotatable bonds is 2. The third-order valence-corrected chi connectivity index (χ3v) is 4.29. The molecule has 0 nitrogen and oxygen atoms in total. The topological polar surface area (TPSA) is 0 Å². The Morgan fingerprint density at radius 1 is 0.941 bits per heavy atom. The Balaban J connectivity index is 2.05. The van der Waals surface area contributed by atoms with Crippen molar-refractivity contribution < 1.29 is 0 Å². The molecule has 0 aliphatic rings. The Kier molecular flexibility index (Phi) is 2.69. The molecule has 84 valence electrons. The summed E-state index contributed by atoms with van der Waals surface area (Å²) in [5.74, 6) is 0. The van der Waals surface area contributed by atoms with Crippen molar-refractivity contribution in [2.45, 2.75) is 13.3 Å². The van der Waals surface area contributed by atoms with Crippen LogP contribution in [0.15, 0.2) is 53.9 Å². The molecule has 0 bridgehead atoms. The van der Waals surface area contributed by atoms with Crippen molar-refractivity contribution in [3.05, 3.63) is 70.6 Å². The van der Waals surface area contributed by atoms with Gasteiger partial charge in [-0.3, -0.25) is 0 Å². The van der Waals surface area contributed by atoms with Crippen LogP contribution in [0, 0.1) is 6.92 Å². The van der Waals surface area contributed by atoms with E-state index in [0.717, 1.165) is 6.42 Å². The van der Waals surface area contributed by atoms with E-state index in [-0.39, 0.29) is 0 Å². The molecule has 1 aromatic heterocycles. The van der Waals surface area contributed by atoms with Crippen LogP contribution in [0.25, 0.3) is 10.1 Å². The van der Waals surface area contributed by atoms with E-state index >= 15 is 0 Å². The molecule has 17 heavy (non-hydrogen) atoms. The van der Waals surface area contributed by atoms with Crippen molar-refractivity contribution in [3.63, 3.8) is 0 Å². The predicted octanol–water partition coefficient (Wildman–Crippen LogP) is 4.80. The molecule has 0 saturated carbocycles. The Morgan fingerprint density at radius 3 is 2.59 bits per heavy atom. The van der Waals surface area contributed by atoms with Crippen LogP contribution in [-0.4, -0.2) is 0 Å². The van der Waals surface area contributed by atoms with E-state index in [1.165, 1.54) is 26.8 Å². The summed E-state index contributed by atoms with van der Waals surface area (Å²) >= 11 is 1.86. The number of benzene rings is 2. The maximum absolute atomic E-state index is 2.30. The molecule has 0 fully saturated rings. The summed E-state index contributed by atoms with van der Waals surface area (Å²) < 4.78 is 1.43. The van der Waals surface area contributed by atoms with Gasteiger partial charge in [0.25, 0.3) is 0 Å². The Labute approximate surface area is 106 Å². The van der Waals surface area contributed by atoms with E-state index in [1.807, 2.05) is 11.3 Å². The maximum Gasteiger partial charge on any atom is 0.0374 e. The standard InChI is InChI=1S/C16H14S/c1-12-6-5-9-15-14(11-17-16(12)15)10-13-7-3-2-4-8-13/h2-9,11H,10H2,1H3. The molecule has 0 amide bonds. The first-order chi connectivity index (χ1) is 8.34. The lowest BCUT2D eigenvalue weighted by molar-refractivity contribution is 1.23. The quantitative estimate of drug-likeness (QED) is 0.601. The van der Waals surface area contributed by atoms with Gasteiger partial charge in [0, 0.05) is 4.70 Å². The second kappa shape index (κ2) is 4.34. The van der Waals surface area contributed by atoms with Gasteiger partial charge in [-0.05, 0) is 40.8 Å². The zero-order valence-corrected chi connectivity index (χ0v) is 10.6. The van der Waals surface area contributed by atoms with Gasteiger partial charge >= 0.3 is 0 Å². The highest BCUT2D eigenvalue weighted by molar-refractivity contribution is 7.17. The summed E-state index contributed by atoms with van der Waals surface area (Å²) in [5, 5.41) is 3.71. The van der Waals surface area contributed by atoms with Gasteiger partial charge in [0.05, 0.1) is 0 Å². The SMILES string of the molecule is Cc1cccc2c(Cc3ccccc3)csc12. The van der Waals surface area contributed by atoms with E-state index in [0.29, 0.717) is 0 Å². The van der Waals surface area contributed by atoms with Crippen molar-refractivity contribution in [3.8, 4) is 0 Å². The van der Waals surface area contributed by atoms with Crippen molar-refractivity contribution in [1.29, 1.82) is 0 Å². The molecule has 0 aliphatic heterocycles. The molecule has 0 aliphatic carbocycles. The molecule has 1 heteroatoms. The van der Waals surface area contributed by atoms with Gasteiger partial charge in [-0.25, -0.2) is 0 Å². The van der Waals surface area contributed by atoms with Gasteiger partial charge in [-0.15, -0.1) is 11.3 Å². The highest BCUT2D eigenvalue weighted by Crippen LogP contribution is 2.30. The summed E-state index contributed by atoms with van der Waals surface area (Å²) in [6.45, 7) is 2.19. The monoisotopic (exact) mass is 238 g/mol. The van der Waals surface area contributed by atoms with Crippen molar-refractivity contribution in [2.75, 3.05) is 0 Å². The predicted molar refractivity (Wildman–Crippen MR) is 75.8 cm³/mol. The molecule has 0 spiro atoms. The number of thiophene rings is 1. The maximum atomic E-state index is 2.30. The molecule has 0 atom stereocenters. The first-order valence-electron chi connectivity index (χ1n) is 5.84. The molecule has 3 rings (SSSR count). The second-order valence-corrected chi connectivity index (χ2v) is 5.25. The highest BCUT2D eigenvalue weighted by Gasteiger charge is 2.05. The van der Waals surface area contributed by atoms with Crippen LogP contribution in [0.4, 0.5) is 0 Å². The Morgan fingerprint density at radius 2 is 1.76 bits per heavy atom. The van der Waals surface area contributed by atoms with Crippen LogP contribution in [0.2, 0.25) is 0 Å². The summed E-state index contributed by atoms with van der Waals surface area (Å²) in [6, 6.07) is 17.2. The van der Waals surface area contributed by atoms with E-state index < -0.39 is 0 Å². The van der Waals surface area contributed by atoms with Gasteiger partial charge in [0.1, 0.15) is 0 Å². The fourth-order valence-electron chi connectivity index (χ4n) is 2.21. The molecule has 0 radical (unpaired) electrons. The summed E-state index contributed by atoms with van der Waals surface area (Å²) in [4.78, 5) is 0. The smallest absolute Gasteiger partial charge is 0.0374 e. The minimum absolute atomic E-state index is 1.03. The normalized spacial score (nSPS) is 10.9. The third-order valence-electron chi connectivity index (χ3n) is 3.11. The van der Waals surface area contributed by atoms with E-state index in [2.05, 4.69) is 60.8 Å². The van der Waals surface area contributed by atoms with E-state index in [1.54, 1.807) is 0 Å². The summed E-state index contributed by atoms with van der Waals surface area (Å²) in [7, 11) is 0. The first-order valence-corrected chi connectivity index (χ1v) is 6.72. The van der Waals surface area contributed by atoms with Crippen LogP contribution < -0.4 is 0 Å². The molecule has 2 aromatic carbocycles. The molecule has 0 saturated heterocycles. The average molecular weight is 238 g/mol. The zero-order chi connectivity index (χ0) is 11.7. The van der Waals surface area contributed by atoms with E-state index in [4.69, 9.17) is 0 Å². The van der Waals surface area contributed by atoms with Crippen LogP contribution in [0.1, 0.15) is 16.7 Å². The number of aryl methyl sites for hydroxylation is 1. The van der Waals surface area contributed by atoms with Crippen LogP contribution in [0.3, 0.4) is 0 Å². The lowest BCUT2D eigenvalue weighted by Crippen LogP contribution is -1.85. The van der Waals surface area contributed by atoms with Crippen molar-refractivity contribution >= 4 is 21.4 Å². The van der Waals surface area contributed by atoms with Crippen LogP contribution >= 0.6 is 11.3 Å². The number of hydrogen-bond acceptors (Lipinski definition) is 1. The Bertz CT molecular complexity index is 635. The molecular formula is C16H14S. The van der Waals surface area contributed by atoms with Crippen molar-refractivity contribution in [2.24, 2.45) is 0 Å². The number of hydrogen-bond donors (Lipinski definition) is 0. The van der Waals surface area contributed by atoms with Crippen molar-refractivity contribution in [1.82, 2.24) is 0 Å². The number of fused-ring (bicyclic) bond motifs is 1. The second-order valence-electron chi connectivity index (χ2n) is 4.37. The average Bonchev–Trinajstić information content (AvgIpc) is 2.76. The van der Waals surface area contributed by atoms with Gasteiger partial charge in [0.15, 0.2) is 0 Å². The molecular weight excluding hydrogens is 224 g/mol. The van der Waals surface area contributed by atoms with Crippen LogP contribution in [-0.2, 0) is 6.42 Å². The third kappa shape index (κ3) is 1.98. The van der Waals surface area contributed by atoms with Crippen LogP contribution in [0.5, 0.6) is 0 Å². The molecule has 0 unspecified atom stereocenters. The minimum atomic E-state index is 1.03. The van der Waals surface area contributed by atoms with Gasteiger partial charge in [-0.1, -0.05) is 48.5 Å². The zero-order valence-electron chi connectivity index (χ0n) is 9.81. The van der Waals surface area contributed by atoms with E-state index in [9.17, 15) is 0 Å². The van der Waals surface area contributed by atoms with Gasteiger partial charge in [-0.2, -0.15) is 0 Å². The first kappa shape index (κ1) is 10.5. The highest BCUT2D eigenvalue weighted by atomic mass is 32.1. The molecule has 3 aromatic rings. The fourth-order valence-corrected chi connectivity index (χ4v) is 3.26. The summed E-state index contributed by atoms with van der Waals surface area (Å²) in [5.41, 5.74) is 4.21. The fraction of sp³-hybridized carbons (Fsp3) is 0.125. The van der Waals surface area contributed by atoms with Gasteiger partial charge < -0.3 is 0 Å². The molecule has 1 heterocycles. The van der Waals surface area contributed by atoms with Gasteiger partial charge in [0.2, 0.25) is 0 Å². The minimum Gasteiger partial charge on any atom is -0.143 e. The largest absolute Gasteiger partial charge is 0.143 e. The Hall–Kier alpha value is -1.60. The lowest BCUT2D eigenvalue weighted by Gasteiger charge is -2.01.